The molecule has 0 aliphatic carbocycles. The van der Waals surface area contributed by atoms with E-state index in [-0.39, 0.29) is 0 Å². The predicted molar refractivity (Wildman–Crippen MR) is 78.1 cm³/mol. The molecule has 5 nitrogen and oxygen atoms in total. The van der Waals surface area contributed by atoms with Gasteiger partial charge in [0.2, 0.25) is 0 Å². The van der Waals surface area contributed by atoms with Crippen LogP contribution in [0.15, 0.2) is 10.8 Å². The largest absolute Gasteiger partial charge is 0.382 e. The Morgan fingerprint density at radius 2 is 1.83 bits per heavy atom. The van der Waals surface area contributed by atoms with Crippen LogP contribution in [0.4, 0.5) is 11.6 Å². The fourth-order valence-electron chi connectivity index (χ4n) is 1.39. The van der Waals surface area contributed by atoms with Crippen molar-refractivity contribution in [2.75, 3.05) is 36.9 Å². The quantitative estimate of drug-likeness (QED) is 0.686. The number of rotatable bonds is 9. The fraction of sp³-hybridized carbons (Fsp3) is 0.667. The molecule has 0 unspecified atom stereocenters. The second-order valence-electron chi connectivity index (χ2n) is 3.79. The van der Waals surface area contributed by atoms with Gasteiger partial charge in [-0.2, -0.15) is 0 Å². The van der Waals surface area contributed by atoms with Gasteiger partial charge in [-0.25, -0.2) is 9.97 Å². The molecule has 0 amide bonds. The summed E-state index contributed by atoms with van der Waals surface area (Å²) >= 11 is 3.51. The van der Waals surface area contributed by atoms with Gasteiger partial charge in [0.15, 0.2) is 0 Å². The zero-order valence-corrected chi connectivity index (χ0v) is 12.6. The Morgan fingerprint density at radius 1 is 1.17 bits per heavy atom. The van der Waals surface area contributed by atoms with Gasteiger partial charge in [-0.3, -0.25) is 0 Å². The summed E-state index contributed by atoms with van der Waals surface area (Å²) < 4.78 is 6.17. The number of hydrogen-bond donors (Lipinski definition) is 2. The summed E-state index contributed by atoms with van der Waals surface area (Å²) in [4.78, 5) is 8.42. The van der Waals surface area contributed by atoms with Crippen molar-refractivity contribution < 1.29 is 4.74 Å². The molecule has 1 aromatic heterocycles. The van der Waals surface area contributed by atoms with Gasteiger partial charge in [-0.15, -0.1) is 0 Å². The van der Waals surface area contributed by atoms with Crippen LogP contribution in [0.1, 0.15) is 26.7 Å². The molecule has 0 spiro atoms. The Balaban J connectivity index is 2.44. The minimum absolute atomic E-state index is 0.766. The van der Waals surface area contributed by atoms with Gasteiger partial charge in [0.1, 0.15) is 22.4 Å². The van der Waals surface area contributed by atoms with Crippen molar-refractivity contribution in [3.63, 3.8) is 0 Å². The fourth-order valence-corrected chi connectivity index (χ4v) is 1.87. The molecule has 2 N–H and O–H groups in total. The molecule has 18 heavy (non-hydrogen) atoms. The van der Waals surface area contributed by atoms with E-state index in [0.717, 1.165) is 55.3 Å². The molecule has 1 rings (SSSR count). The van der Waals surface area contributed by atoms with Crippen molar-refractivity contribution in [1.29, 1.82) is 0 Å². The molecule has 102 valence electrons. The lowest BCUT2D eigenvalue weighted by Gasteiger charge is -2.11. The number of hydrogen-bond acceptors (Lipinski definition) is 5. The Hall–Kier alpha value is -0.880. The summed E-state index contributed by atoms with van der Waals surface area (Å²) in [5, 5.41) is 6.52. The maximum atomic E-state index is 5.28. The number of nitrogens with zero attached hydrogens (tertiary/aromatic N) is 2. The van der Waals surface area contributed by atoms with E-state index in [4.69, 9.17) is 4.74 Å². The SMILES string of the molecule is CCCNc1ncnc(NCCCOCC)c1Br. The molecule has 0 aliphatic rings. The summed E-state index contributed by atoms with van der Waals surface area (Å²) in [6.45, 7) is 7.40. The molecule has 1 heterocycles. The molecule has 0 saturated heterocycles. The zero-order chi connectivity index (χ0) is 13.2. The van der Waals surface area contributed by atoms with Crippen LogP contribution in [0, 0.1) is 0 Å². The molecule has 0 aliphatic heterocycles. The van der Waals surface area contributed by atoms with Gasteiger partial charge in [0.25, 0.3) is 0 Å². The Kier molecular flexibility index (Phi) is 7.68. The van der Waals surface area contributed by atoms with Gasteiger partial charge in [0.05, 0.1) is 0 Å². The third-order valence-electron chi connectivity index (χ3n) is 2.29. The minimum atomic E-state index is 0.766. The van der Waals surface area contributed by atoms with Crippen LogP contribution in [-0.4, -0.2) is 36.3 Å². The highest BCUT2D eigenvalue weighted by Crippen LogP contribution is 2.26. The highest BCUT2D eigenvalue weighted by molar-refractivity contribution is 9.10. The van der Waals surface area contributed by atoms with Crippen molar-refractivity contribution in [2.45, 2.75) is 26.7 Å². The van der Waals surface area contributed by atoms with Crippen LogP contribution in [-0.2, 0) is 4.74 Å². The van der Waals surface area contributed by atoms with E-state index < -0.39 is 0 Å². The number of anilines is 2. The first kappa shape index (κ1) is 15.2. The van der Waals surface area contributed by atoms with E-state index in [0.29, 0.717) is 0 Å². The average molecular weight is 317 g/mol. The van der Waals surface area contributed by atoms with Crippen LogP contribution >= 0.6 is 15.9 Å². The van der Waals surface area contributed by atoms with Crippen molar-refractivity contribution in [2.24, 2.45) is 0 Å². The standard InChI is InChI=1S/C12H21BrN4O/c1-3-6-14-11-10(13)12(17-9-16-11)15-7-5-8-18-4-2/h9H,3-8H2,1-2H3,(H2,14,15,16,17). The van der Waals surface area contributed by atoms with Gasteiger partial charge in [0, 0.05) is 26.3 Å². The van der Waals surface area contributed by atoms with Gasteiger partial charge in [-0.1, -0.05) is 6.92 Å². The second kappa shape index (κ2) is 9.10. The first-order valence-electron chi connectivity index (χ1n) is 6.35. The average Bonchev–Trinajstić information content (AvgIpc) is 2.39. The third-order valence-corrected chi connectivity index (χ3v) is 3.05. The third kappa shape index (κ3) is 5.18. The summed E-state index contributed by atoms with van der Waals surface area (Å²) in [5.74, 6) is 1.65. The van der Waals surface area contributed by atoms with Gasteiger partial charge < -0.3 is 15.4 Å². The Bertz CT molecular complexity index is 349. The van der Waals surface area contributed by atoms with E-state index in [2.05, 4.69) is 43.5 Å². The predicted octanol–water partition coefficient (Wildman–Crippen LogP) is 2.90. The molecule has 0 fully saturated rings. The Labute approximate surface area is 117 Å². The number of halogens is 1. The maximum Gasteiger partial charge on any atom is 0.145 e. The van der Waals surface area contributed by atoms with Crippen molar-refractivity contribution in [3.05, 3.63) is 10.8 Å². The molecule has 1 aromatic rings. The minimum Gasteiger partial charge on any atom is -0.382 e. The summed E-state index contributed by atoms with van der Waals surface area (Å²) in [5.41, 5.74) is 0. The highest BCUT2D eigenvalue weighted by atomic mass is 79.9. The molecular weight excluding hydrogens is 296 g/mol. The van der Waals surface area contributed by atoms with E-state index in [1.165, 1.54) is 0 Å². The molecule has 0 saturated carbocycles. The second-order valence-corrected chi connectivity index (χ2v) is 4.58. The van der Waals surface area contributed by atoms with E-state index in [1.807, 2.05) is 6.92 Å². The zero-order valence-electron chi connectivity index (χ0n) is 11.0. The molecule has 0 aromatic carbocycles. The van der Waals surface area contributed by atoms with Crippen LogP contribution < -0.4 is 10.6 Å². The maximum absolute atomic E-state index is 5.28. The summed E-state index contributed by atoms with van der Waals surface area (Å²) in [6, 6.07) is 0. The normalized spacial score (nSPS) is 10.4. The number of aromatic nitrogens is 2. The number of ether oxygens (including phenoxy) is 1. The number of nitrogens with one attached hydrogen (secondary N) is 2. The van der Waals surface area contributed by atoms with Crippen molar-refractivity contribution >= 4 is 27.6 Å². The van der Waals surface area contributed by atoms with Gasteiger partial charge >= 0.3 is 0 Å². The smallest absolute Gasteiger partial charge is 0.145 e. The molecule has 0 radical (unpaired) electrons. The van der Waals surface area contributed by atoms with Crippen molar-refractivity contribution in [3.8, 4) is 0 Å². The lowest BCUT2D eigenvalue weighted by atomic mass is 10.4. The Morgan fingerprint density at radius 3 is 2.44 bits per heavy atom. The lowest BCUT2D eigenvalue weighted by Crippen LogP contribution is -2.10. The van der Waals surface area contributed by atoms with E-state index >= 15 is 0 Å². The van der Waals surface area contributed by atoms with Crippen LogP contribution in [0.3, 0.4) is 0 Å². The summed E-state index contributed by atoms with van der Waals surface area (Å²) in [6.07, 6.45) is 3.59. The van der Waals surface area contributed by atoms with Crippen molar-refractivity contribution in [1.82, 2.24) is 9.97 Å². The van der Waals surface area contributed by atoms with Crippen LogP contribution in [0.5, 0.6) is 0 Å². The highest BCUT2D eigenvalue weighted by Gasteiger charge is 2.07. The first-order chi connectivity index (χ1) is 8.79. The molecule has 0 bridgehead atoms. The van der Waals surface area contributed by atoms with Gasteiger partial charge in [-0.05, 0) is 35.7 Å². The van der Waals surface area contributed by atoms with E-state index in [1.54, 1.807) is 6.33 Å². The van der Waals surface area contributed by atoms with E-state index in [9.17, 15) is 0 Å². The lowest BCUT2D eigenvalue weighted by molar-refractivity contribution is 0.147. The monoisotopic (exact) mass is 316 g/mol. The summed E-state index contributed by atoms with van der Waals surface area (Å²) in [7, 11) is 0. The van der Waals surface area contributed by atoms with Crippen LogP contribution in [0.25, 0.3) is 0 Å². The first-order valence-corrected chi connectivity index (χ1v) is 7.14. The topological polar surface area (TPSA) is 59.1 Å². The van der Waals surface area contributed by atoms with Crippen LogP contribution in [0.2, 0.25) is 0 Å². The molecule has 6 heteroatoms. The molecule has 0 atom stereocenters. The molecular formula is C12H21BrN4O.